The van der Waals surface area contributed by atoms with Gasteiger partial charge in [-0.15, -0.1) is 0 Å². The van der Waals surface area contributed by atoms with Gasteiger partial charge in [-0.25, -0.2) is 0 Å². The maximum Gasteiger partial charge on any atom is 0.392 e. The number of fused-ring (bicyclic) bond motifs is 1. The van der Waals surface area contributed by atoms with E-state index < -0.39 is 12.1 Å². The van der Waals surface area contributed by atoms with Gasteiger partial charge in [-0.05, 0) is 35.7 Å². The van der Waals surface area contributed by atoms with Crippen LogP contribution in [0.15, 0.2) is 42.5 Å². The number of alkyl halides is 3. The second-order valence-corrected chi connectivity index (χ2v) is 4.66. The van der Waals surface area contributed by atoms with Gasteiger partial charge in [-0.2, -0.15) is 13.2 Å². The van der Waals surface area contributed by atoms with Crippen LogP contribution in [0.5, 0.6) is 0 Å². The number of hydrogen-bond donors (Lipinski definition) is 1. The highest BCUT2D eigenvalue weighted by Gasteiger charge is 2.38. The Hall–Kier alpha value is -1.55. The molecule has 0 aliphatic rings. The topological polar surface area (TPSA) is 26.0 Å². The standard InChI is InChI=1S/C15H16F3N/c16-15(17,18)13(8-9-19)10-12-6-3-5-11-4-1-2-7-14(11)12/h1-7,13H,8-10,19H2. The molecule has 0 fully saturated rings. The molecule has 4 heteroatoms. The van der Waals surface area contributed by atoms with E-state index in [-0.39, 0.29) is 19.4 Å². The van der Waals surface area contributed by atoms with Crippen molar-refractivity contribution in [3.05, 3.63) is 48.0 Å². The van der Waals surface area contributed by atoms with Crippen LogP contribution in [0.1, 0.15) is 12.0 Å². The molecule has 1 atom stereocenters. The van der Waals surface area contributed by atoms with E-state index in [1.165, 1.54) is 0 Å². The third-order valence-corrected chi connectivity index (χ3v) is 3.32. The molecule has 0 heterocycles. The summed E-state index contributed by atoms with van der Waals surface area (Å²) in [5.74, 6) is -1.37. The largest absolute Gasteiger partial charge is 0.392 e. The van der Waals surface area contributed by atoms with Crippen molar-refractivity contribution in [1.82, 2.24) is 0 Å². The SMILES string of the molecule is NCCC(Cc1cccc2ccccc12)C(F)(F)F. The molecule has 19 heavy (non-hydrogen) atoms. The number of hydrogen-bond acceptors (Lipinski definition) is 1. The predicted molar refractivity (Wildman–Crippen MR) is 70.9 cm³/mol. The van der Waals surface area contributed by atoms with Crippen LogP contribution in [-0.4, -0.2) is 12.7 Å². The van der Waals surface area contributed by atoms with Crippen LogP contribution in [0.4, 0.5) is 13.2 Å². The van der Waals surface area contributed by atoms with E-state index in [9.17, 15) is 13.2 Å². The van der Waals surface area contributed by atoms with Crippen molar-refractivity contribution in [2.24, 2.45) is 11.7 Å². The minimum absolute atomic E-state index is 0.0119. The first-order valence-electron chi connectivity index (χ1n) is 6.26. The molecule has 2 aromatic carbocycles. The monoisotopic (exact) mass is 267 g/mol. The van der Waals surface area contributed by atoms with Crippen LogP contribution in [-0.2, 0) is 6.42 Å². The Bertz CT molecular complexity index is 543. The molecule has 102 valence electrons. The number of rotatable bonds is 4. The molecule has 0 amide bonds. The summed E-state index contributed by atoms with van der Waals surface area (Å²) in [5.41, 5.74) is 6.02. The molecule has 2 rings (SSSR count). The van der Waals surface area contributed by atoms with Crippen molar-refractivity contribution in [3.63, 3.8) is 0 Å². The first-order chi connectivity index (χ1) is 9.02. The van der Waals surface area contributed by atoms with E-state index >= 15 is 0 Å². The lowest BCUT2D eigenvalue weighted by atomic mass is 9.92. The maximum absolute atomic E-state index is 12.9. The van der Waals surface area contributed by atoms with Crippen LogP contribution in [0.3, 0.4) is 0 Å². The summed E-state index contributed by atoms with van der Waals surface area (Å²) in [6.07, 6.45) is -4.24. The van der Waals surface area contributed by atoms with Crippen LogP contribution in [0.25, 0.3) is 10.8 Å². The lowest BCUT2D eigenvalue weighted by Gasteiger charge is -2.20. The average Bonchev–Trinajstić information content (AvgIpc) is 2.37. The number of nitrogens with two attached hydrogens (primary N) is 1. The Labute approximate surface area is 110 Å². The van der Waals surface area contributed by atoms with Crippen molar-refractivity contribution >= 4 is 10.8 Å². The molecular formula is C15H16F3N. The smallest absolute Gasteiger partial charge is 0.330 e. The van der Waals surface area contributed by atoms with Crippen LogP contribution < -0.4 is 5.73 Å². The van der Waals surface area contributed by atoms with E-state index in [2.05, 4.69) is 0 Å². The Morgan fingerprint density at radius 3 is 2.37 bits per heavy atom. The Kier molecular flexibility index (Phi) is 4.10. The normalized spacial score (nSPS) is 13.7. The Balaban J connectivity index is 2.34. The Morgan fingerprint density at radius 1 is 1.00 bits per heavy atom. The van der Waals surface area contributed by atoms with Crippen molar-refractivity contribution in [2.45, 2.75) is 19.0 Å². The zero-order chi connectivity index (χ0) is 13.9. The summed E-state index contributed by atoms with van der Waals surface area (Å²) in [7, 11) is 0. The zero-order valence-electron chi connectivity index (χ0n) is 10.5. The van der Waals surface area contributed by atoms with E-state index in [1.54, 1.807) is 12.1 Å². The first kappa shape index (κ1) is 13.9. The molecule has 0 aliphatic heterocycles. The van der Waals surface area contributed by atoms with Crippen LogP contribution in [0.2, 0.25) is 0 Å². The van der Waals surface area contributed by atoms with Gasteiger partial charge in [0.05, 0.1) is 5.92 Å². The molecule has 1 unspecified atom stereocenters. The molecule has 0 spiro atoms. The van der Waals surface area contributed by atoms with E-state index in [0.29, 0.717) is 0 Å². The van der Waals surface area contributed by atoms with Gasteiger partial charge in [0.25, 0.3) is 0 Å². The van der Waals surface area contributed by atoms with Crippen molar-refractivity contribution in [3.8, 4) is 0 Å². The molecule has 1 nitrogen and oxygen atoms in total. The zero-order valence-corrected chi connectivity index (χ0v) is 10.5. The highest BCUT2D eigenvalue weighted by Crippen LogP contribution is 2.33. The molecular weight excluding hydrogens is 251 g/mol. The quantitative estimate of drug-likeness (QED) is 0.893. The fraction of sp³-hybridized carbons (Fsp3) is 0.333. The molecule has 0 aromatic heterocycles. The second kappa shape index (κ2) is 5.61. The predicted octanol–water partition coefficient (Wildman–Crippen LogP) is 3.91. The Morgan fingerprint density at radius 2 is 1.68 bits per heavy atom. The van der Waals surface area contributed by atoms with Crippen molar-refractivity contribution in [1.29, 1.82) is 0 Å². The summed E-state index contributed by atoms with van der Waals surface area (Å²) in [6, 6.07) is 13.0. The second-order valence-electron chi connectivity index (χ2n) is 4.66. The summed E-state index contributed by atoms with van der Waals surface area (Å²) >= 11 is 0. The highest BCUT2D eigenvalue weighted by molar-refractivity contribution is 5.85. The maximum atomic E-state index is 12.9. The van der Waals surface area contributed by atoms with Crippen LogP contribution in [0, 0.1) is 5.92 Å². The molecule has 2 aromatic rings. The molecule has 0 radical (unpaired) electrons. The van der Waals surface area contributed by atoms with Gasteiger partial charge in [0.15, 0.2) is 0 Å². The van der Waals surface area contributed by atoms with Crippen molar-refractivity contribution < 1.29 is 13.2 Å². The van der Waals surface area contributed by atoms with Gasteiger partial charge in [-0.3, -0.25) is 0 Å². The number of halogens is 3. The van der Waals surface area contributed by atoms with Gasteiger partial charge in [-0.1, -0.05) is 42.5 Å². The highest BCUT2D eigenvalue weighted by atomic mass is 19.4. The van der Waals surface area contributed by atoms with Crippen LogP contribution >= 0.6 is 0 Å². The van der Waals surface area contributed by atoms with Gasteiger partial charge in [0.2, 0.25) is 0 Å². The fourth-order valence-electron chi connectivity index (χ4n) is 2.32. The van der Waals surface area contributed by atoms with Gasteiger partial charge in [0, 0.05) is 0 Å². The molecule has 0 bridgehead atoms. The molecule has 0 aliphatic carbocycles. The lowest BCUT2D eigenvalue weighted by molar-refractivity contribution is -0.175. The lowest BCUT2D eigenvalue weighted by Crippen LogP contribution is -2.27. The first-order valence-corrected chi connectivity index (χ1v) is 6.26. The molecule has 0 saturated carbocycles. The van der Waals surface area contributed by atoms with E-state index in [1.807, 2.05) is 30.3 Å². The summed E-state index contributed by atoms with van der Waals surface area (Å²) in [5, 5.41) is 1.85. The summed E-state index contributed by atoms with van der Waals surface area (Å²) < 4.78 is 38.8. The molecule has 0 saturated heterocycles. The third kappa shape index (κ3) is 3.26. The molecule has 2 N–H and O–H groups in total. The summed E-state index contributed by atoms with van der Waals surface area (Å²) in [4.78, 5) is 0. The van der Waals surface area contributed by atoms with E-state index in [0.717, 1.165) is 16.3 Å². The number of benzene rings is 2. The average molecular weight is 267 g/mol. The minimum Gasteiger partial charge on any atom is -0.330 e. The van der Waals surface area contributed by atoms with Crippen molar-refractivity contribution in [2.75, 3.05) is 6.54 Å². The van der Waals surface area contributed by atoms with Gasteiger partial charge < -0.3 is 5.73 Å². The fourth-order valence-corrected chi connectivity index (χ4v) is 2.32. The minimum atomic E-state index is -4.20. The summed E-state index contributed by atoms with van der Waals surface area (Å²) in [6.45, 7) is 0.0505. The van der Waals surface area contributed by atoms with E-state index in [4.69, 9.17) is 5.73 Å². The van der Waals surface area contributed by atoms with Gasteiger partial charge >= 0.3 is 6.18 Å². The van der Waals surface area contributed by atoms with Gasteiger partial charge in [0.1, 0.15) is 0 Å². The third-order valence-electron chi connectivity index (χ3n) is 3.32.